The standard InChI is InChI=1S/C48H36N4/c1-48(2)41-25-11-9-23-37(41)39-29-40-38-24-10-12-26-43(38)52(44(40)30-42(39)48)47-50-45(35-21-13-19-33(27-35)31-15-5-3-6-16-31)49-46(51-47)36-22-14-20-34(28-36)32-17-7-4-8-18-32/h3,5-7,9-30H,4,8H2,1-2H3. The molecule has 0 saturated carbocycles. The minimum atomic E-state index is -0.141. The van der Waals surface area contributed by atoms with E-state index in [0.717, 1.165) is 51.7 Å². The van der Waals surface area contributed by atoms with Gasteiger partial charge in [-0.1, -0.05) is 141 Å². The second kappa shape index (κ2) is 11.9. The van der Waals surface area contributed by atoms with Gasteiger partial charge in [0, 0.05) is 27.3 Å². The molecular formula is C48H36N4. The van der Waals surface area contributed by atoms with E-state index >= 15 is 0 Å². The fourth-order valence-electron chi connectivity index (χ4n) is 8.24. The third-order valence-corrected chi connectivity index (χ3v) is 10.9. The molecule has 52 heavy (non-hydrogen) atoms. The van der Waals surface area contributed by atoms with Gasteiger partial charge in [0.2, 0.25) is 5.95 Å². The summed E-state index contributed by atoms with van der Waals surface area (Å²) in [5.74, 6) is 1.89. The molecule has 2 heterocycles. The van der Waals surface area contributed by atoms with Gasteiger partial charge in [0.05, 0.1) is 11.0 Å². The Morgan fingerprint density at radius 3 is 1.96 bits per heavy atom. The number of allylic oxidation sites excluding steroid dienone is 4. The summed E-state index contributed by atoms with van der Waals surface area (Å²) in [5, 5.41) is 2.37. The molecule has 2 aliphatic rings. The fraction of sp³-hybridized carbons (Fsp3) is 0.104. The molecule has 8 aromatic rings. The molecule has 0 saturated heterocycles. The first-order valence-electron chi connectivity index (χ1n) is 18.1. The summed E-state index contributed by atoms with van der Waals surface area (Å²) in [4.78, 5) is 15.8. The van der Waals surface area contributed by atoms with Crippen molar-refractivity contribution >= 4 is 27.4 Å². The summed E-state index contributed by atoms with van der Waals surface area (Å²) in [6.07, 6.45) is 8.91. The molecule has 0 aliphatic heterocycles. The zero-order valence-corrected chi connectivity index (χ0v) is 29.2. The van der Waals surface area contributed by atoms with E-state index in [1.54, 1.807) is 0 Å². The Hall–Kier alpha value is -6.39. The summed E-state index contributed by atoms with van der Waals surface area (Å²) < 4.78 is 2.25. The lowest BCUT2D eigenvalue weighted by Gasteiger charge is -2.21. The second-order valence-corrected chi connectivity index (χ2v) is 14.4. The molecule has 0 radical (unpaired) electrons. The van der Waals surface area contributed by atoms with E-state index in [0.29, 0.717) is 17.6 Å². The number of hydrogen-bond donors (Lipinski definition) is 0. The van der Waals surface area contributed by atoms with Crippen LogP contribution in [0.5, 0.6) is 0 Å². The maximum Gasteiger partial charge on any atom is 0.238 e. The van der Waals surface area contributed by atoms with Crippen LogP contribution in [0.1, 0.15) is 43.4 Å². The number of fused-ring (bicyclic) bond motifs is 6. The van der Waals surface area contributed by atoms with Crippen LogP contribution in [0.2, 0.25) is 0 Å². The molecule has 0 N–H and O–H groups in total. The van der Waals surface area contributed by atoms with Crippen LogP contribution in [0, 0.1) is 0 Å². The minimum Gasteiger partial charge on any atom is -0.278 e. The van der Waals surface area contributed by atoms with Crippen LogP contribution in [0.4, 0.5) is 0 Å². The van der Waals surface area contributed by atoms with E-state index in [2.05, 4.69) is 170 Å². The van der Waals surface area contributed by atoms with Crippen LogP contribution in [0.25, 0.3) is 78.4 Å². The lowest BCUT2D eigenvalue weighted by Crippen LogP contribution is -2.15. The van der Waals surface area contributed by atoms with Crippen molar-refractivity contribution in [2.45, 2.75) is 32.1 Å². The van der Waals surface area contributed by atoms with E-state index in [4.69, 9.17) is 15.0 Å². The first-order chi connectivity index (χ1) is 25.5. The molecule has 4 heteroatoms. The number of para-hydroxylation sites is 1. The first-order valence-corrected chi connectivity index (χ1v) is 18.1. The average Bonchev–Trinajstić information content (AvgIpc) is 3.65. The van der Waals surface area contributed by atoms with Gasteiger partial charge in [-0.05, 0) is 87.7 Å². The molecule has 0 spiro atoms. The highest BCUT2D eigenvalue weighted by molar-refractivity contribution is 6.11. The molecule has 6 aromatic carbocycles. The highest BCUT2D eigenvalue weighted by Crippen LogP contribution is 2.51. The first kappa shape index (κ1) is 30.4. The fourth-order valence-corrected chi connectivity index (χ4v) is 8.24. The van der Waals surface area contributed by atoms with E-state index in [-0.39, 0.29) is 5.41 Å². The lowest BCUT2D eigenvalue weighted by molar-refractivity contribution is 0.661. The highest BCUT2D eigenvalue weighted by Gasteiger charge is 2.36. The summed E-state index contributed by atoms with van der Waals surface area (Å²) in [6.45, 7) is 4.67. The summed E-state index contributed by atoms with van der Waals surface area (Å²) in [6, 6.07) is 49.8. The largest absolute Gasteiger partial charge is 0.278 e. The van der Waals surface area contributed by atoms with Crippen LogP contribution in [-0.2, 0) is 5.41 Å². The number of benzene rings is 6. The molecule has 2 aliphatic carbocycles. The van der Waals surface area contributed by atoms with Gasteiger partial charge < -0.3 is 0 Å². The van der Waals surface area contributed by atoms with Crippen molar-refractivity contribution in [2.24, 2.45) is 0 Å². The van der Waals surface area contributed by atoms with Crippen molar-refractivity contribution in [2.75, 3.05) is 0 Å². The average molecular weight is 669 g/mol. The minimum absolute atomic E-state index is 0.141. The van der Waals surface area contributed by atoms with Crippen LogP contribution >= 0.6 is 0 Å². The zero-order valence-electron chi connectivity index (χ0n) is 29.2. The Balaban J connectivity index is 1.23. The predicted molar refractivity (Wildman–Crippen MR) is 214 cm³/mol. The highest BCUT2D eigenvalue weighted by atomic mass is 15.2. The molecule has 0 amide bonds. The zero-order chi connectivity index (χ0) is 34.8. The lowest BCUT2D eigenvalue weighted by atomic mass is 9.82. The third kappa shape index (κ3) is 4.86. The Bertz CT molecular complexity index is 2760. The summed E-state index contributed by atoms with van der Waals surface area (Å²) in [5.41, 5.74) is 13.9. The monoisotopic (exact) mass is 668 g/mol. The molecule has 2 aromatic heterocycles. The van der Waals surface area contributed by atoms with Gasteiger partial charge >= 0.3 is 0 Å². The van der Waals surface area contributed by atoms with Gasteiger partial charge in [0.25, 0.3) is 0 Å². The second-order valence-electron chi connectivity index (χ2n) is 14.4. The SMILES string of the molecule is CC1(C)c2ccccc2-c2cc3c4ccccc4n(-c4nc(-c5cccc(C6=CCCC=C6)c5)nc(-c5cccc(-c6ccccc6)c5)n4)c3cc21. The van der Waals surface area contributed by atoms with Crippen LogP contribution in [0.3, 0.4) is 0 Å². The Morgan fingerprint density at radius 2 is 1.17 bits per heavy atom. The van der Waals surface area contributed by atoms with Crippen molar-refractivity contribution in [3.05, 3.63) is 174 Å². The third-order valence-electron chi connectivity index (χ3n) is 10.9. The van der Waals surface area contributed by atoms with Crippen molar-refractivity contribution in [3.8, 4) is 51.0 Å². The van der Waals surface area contributed by atoms with Crippen molar-refractivity contribution < 1.29 is 0 Å². The van der Waals surface area contributed by atoms with Crippen LogP contribution in [0.15, 0.2) is 158 Å². The van der Waals surface area contributed by atoms with E-state index in [9.17, 15) is 0 Å². The van der Waals surface area contributed by atoms with Gasteiger partial charge in [-0.3, -0.25) is 4.57 Å². The smallest absolute Gasteiger partial charge is 0.238 e. The molecule has 4 nitrogen and oxygen atoms in total. The Morgan fingerprint density at radius 1 is 0.500 bits per heavy atom. The summed E-state index contributed by atoms with van der Waals surface area (Å²) in [7, 11) is 0. The van der Waals surface area contributed by atoms with Crippen LogP contribution < -0.4 is 0 Å². The van der Waals surface area contributed by atoms with Crippen molar-refractivity contribution in [3.63, 3.8) is 0 Å². The topological polar surface area (TPSA) is 43.6 Å². The molecule has 0 fully saturated rings. The molecule has 0 unspecified atom stereocenters. The summed E-state index contributed by atoms with van der Waals surface area (Å²) >= 11 is 0. The molecule has 0 atom stereocenters. The maximum atomic E-state index is 5.31. The van der Waals surface area contributed by atoms with Crippen molar-refractivity contribution in [1.82, 2.24) is 19.5 Å². The van der Waals surface area contributed by atoms with Gasteiger partial charge in [-0.25, -0.2) is 4.98 Å². The van der Waals surface area contributed by atoms with Gasteiger partial charge in [-0.15, -0.1) is 0 Å². The predicted octanol–water partition coefficient (Wildman–Crippen LogP) is 12.0. The molecular weight excluding hydrogens is 633 g/mol. The maximum absolute atomic E-state index is 5.31. The number of rotatable bonds is 5. The Labute approximate surface area is 303 Å². The molecule has 248 valence electrons. The molecule has 10 rings (SSSR count). The van der Waals surface area contributed by atoms with E-state index in [1.165, 1.54) is 38.6 Å². The van der Waals surface area contributed by atoms with Gasteiger partial charge in [0.1, 0.15) is 0 Å². The van der Waals surface area contributed by atoms with E-state index in [1.807, 2.05) is 6.07 Å². The number of aromatic nitrogens is 4. The number of hydrogen-bond acceptors (Lipinski definition) is 3. The van der Waals surface area contributed by atoms with Crippen molar-refractivity contribution in [1.29, 1.82) is 0 Å². The molecule has 0 bridgehead atoms. The Kier molecular flexibility index (Phi) is 6.94. The normalized spacial score (nSPS) is 14.4. The number of nitrogens with zero attached hydrogens (tertiary/aromatic N) is 4. The van der Waals surface area contributed by atoms with Crippen LogP contribution in [-0.4, -0.2) is 19.5 Å². The van der Waals surface area contributed by atoms with Gasteiger partial charge in [-0.2, -0.15) is 9.97 Å². The van der Waals surface area contributed by atoms with Gasteiger partial charge in [0.15, 0.2) is 11.6 Å². The quantitative estimate of drug-likeness (QED) is 0.183. The van der Waals surface area contributed by atoms with E-state index < -0.39 is 0 Å².